The highest BCUT2D eigenvalue weighted by atomic mass is 79.9. The summed E-state index contributed by atoms with van der Waals surface area (Å²) in [6, 6.07) is 13.5. The van der Waals surface area contributed by atoms with Gasteiger partial charge in [-0.2, -0.15) is 0 Å². The van der Waals surface area contributed by atoms with Crippen LogP contribution in [0.2, 0.25) is 0 Å². The minimum absolute atomic E-state index is 0.778. The van der Waals surface area contributed by atoms with E-state index in [9.17, 15) is 4.21 Å². The van der Waals surface area contributed by atoms with Crippen LogP contribution in [0.4, 0.5) is 5.69 Å². The molecule has 0 aliphatic carbocycles. The highest BCUT2D eigenvalue weighted by Crippen LogP contribution is 2.24. The lowest BCUT2D eigenvalue weighted by Crippen LogP contribution is -2.06. The molecule has 0 saturated heterocycles. The van der Waals surface area contributed by atoms with E-state index >= 15 is 0 Å². The van der Waals surface area contributed by atoms with Crippen LogP contribution in [0, 0.1) is 13.8 Å². The lowest BCUT2D eigenvalue weighted by molar-refractivity contribution is 0.686. The average molecular weight is 354 g/mol. The Morgan fingerprint density at radius 2 is 1.60 bits per heavy atom. The van der Waals surface area contributed by atoms with Crippen LogP contribution >= 0.6 is 15.9 Å². The minimum atomic E-state index is -1.23. The molecule has 0 spiro atoms. The molecule has 0 bridgehead atoms. The fourth-order valence-electron chi connectivity index (χ4n) is 1.54. The van der Waals surface area contributed by atoms with Gasteiger partial charge in [0.05, 0.1) is 10.6 Å². The average Bonchev–Trinajstić information content (AvgIpc) is 2.46. The molecule has 2 nitrogen and oxygen atoms in total. The molecule has 1 atom stereocenters. The standard InChI is InChI=1S/C14H14BrNOS.C2H6/c1-10-6-8-12(9-7-10)18(17)16-14-5-3-4-13(15)11(14)2;1-2/h3-9,16H,1-2H3;1-2H3. The van der Waals surface area contributed by atoms with Gasteiger partial charge in [0, 0.05) is 4.47 Å². The van der Waals surface area contributed by atoms with E-state index in [1.54, 1.807) is 0 Å². The number of aryl methyl sites for hydroxylation is 1. The normalized spacial score (nSPS) is 11.2. The summed E-state index contributed by atoms with van der Waals surface area (Å²) >= 11 is 3.46. The van der Waals surface area contributed by atoms with E-state index in [4.69, 9.17) is 0 Å². The third kappa shape index (κ3) is 4.46. The van der Waals surface area contributed by atoms with Gasteiger partial charge in [-0.25, -0.2) is 4.21 Å². The van der Waals surface area contributed by atoms with Gasteiger partial charge < -0.3 is 4.72 Å². The third-order valence-corrected chi connectivity index (χ3v) is 4.67. The van der Waals surface area contributed by atoms with Crippen molar-refractivity contribution in [3.05, 3.63) is 58.1 Å². The second-order valence-corrected chi connectivity index (χ2v) is 6.16. The van der Waals surface area contributed by atoms with Gasteiger partial charge in [0.15, 0.2) is 0 Å². The summed E-state index contributed by atoms with van der Waals surface area (Å²) in [7, 11) is -1.23. The zero-order valence-electron chi connectivity index (χ0n) is 12.2. The van der Waals surface area contributed by atoms with Crippen LogP contribution in [0.1, 0.15) is 25.0 Å². The first-order chi connectivity index (χ1) is 9.58. The fourth-order valence-corrected chi connectivity index (χ4v) is 2.83. The molecule has 0 radical (unpaired) electrons. The molecular formula is C16H20BrNOS. The molecule has 4 heteroatoms. The first-order valence-corrected chi connectivity index (χ1v) is 8.52. The molecule has 108 valence electrons. The second-order valence-electron chi connectivity index (χ2n) is 4.10. The largest absolute Gasteiger partial charge is 0.301 e. The quantitative estimate of drug-likeness (QED) is 0.804. The van der Waals surface area contributed by atoms with E-state index < -0.39 is 11.0 Å². The summed E-state index contributed by atoms with van der Waals surface area (Å²) in [6.45, 7) is 8.00. The van der Waals surface area contributed by atoms with Crippen LogP contribution in [0.5, 0.6) is 0 Å². The van der Waals surface area contributed by atoms with E-state index in [0.29, 0.717) is 0 Å². The Hall–Kier alpha value is -1.13. The molecule has 0 saturated carbocycles. The lowest BCUT2D eigenvalue weighted by Gasteiger charge is -2.10. The van der Waals surface area contributed by atoms with Gasteiger partial charge >= 0.3 is 0 Å². The Labute approximate surface area is 132 Å². The van der Waals surface area contributed by atoms with Crippen molar-refractivity contribution in [1.29, 1.82) is 0 Å². The van der Waals surface area contributed by atoms with Gasteiger partial charge in [0.25, 0.3) is 0 Å². The van der Waals surface area contributed by atoms with Crippen molar-refractivity contribution in [3.8, 4) is 0 Å². The van der Waals surface area contributed by atoms with Crippen LogP contribution in [0.15, 0.2) is 51.8 Å². The predicted octanol–water partition coefficient (Wildman–Crippen LogP) is 5.23. The van der Waals surface area contributed by atoms with E-state index in [1.807, 2.05) is 70.2 Å². The molecule has 0 amide bonds. The van der Waals surface area contributed by atoms with Crippen molar-refractivity contribution < 1.29 is 4.21 Å². The number of hydrogen-bond acceptors (Lipinski definition) is 1. The van der Waals surface area contributed by atoms with Crippen molar-refractivity contribution in [2.45, 2.75) is 32.6 Å². The SMILES string of the molecule is CC.Cc1ccc(S(=O)Nc2cccc(Br)c2C)cc1. The third-order valence-electron chi connectivity index (χ3n) is 2.71. The van der Waals surface area contributed by atoms with E-state index in [1.165, 1.54) is 0 Å². The molecule has 2 aromatic rings. The summed E-state index contributed by atoms with van der Waals surface area (Å²) < 4.78 is 16.2. The van der Waals surface area contributed by atoms with Crippen LogP contribution < -0.4 is 4.72 Å². The molecule has 0 heterocycles. The highest BCUT2D eigenvalue weighted by molar-refractivity contribution is 9.10. The Morgan fingerprint density at radius 1 is 1.00 bits per heavy atom. The molecule has 0 fully saturated rings. The topological polar surface area (TPSA) is 29.1 Å². The Bertz CT molecular complexity index is 582. The number of rotatable bonds is 3. The van der Waals surface area contributed by atoms with Crippen molar-refractivity contribution in [3.63, 3.8) is 0 Å². The number of halogens is 1. The molecule has 0 aliphatic rings. The summed E-state index contributed by atoms with van der Waals surface area (Å²) in [4.78, 5) is 0.778. The monoisotopic (exact) mass is 353 g/mol. The maximum absolute atomic E-state index is 12.2. The number of benzene rings is 2. The van der Waals surface area contributed by atoms with Gasteiger partial charge in [-0.1, -0.05) is 53.5 Å². The molecular weight excluding hydrogens is 334 g/mol. The number of hydrogen-bond donors (Lipinski definition) is 1. The smallest absolute Gasteiger partial charge is 0.150 e. The zero-order valence-corrected chi connectivity index (χ0v) is 14.6. The van der Waals surface area contributed by atoms with Crippen molar-refractivity contribution in [2.75, 3.05) is 4.72 Å². The number of anilines is 1. The Morgan fingerprint density at radius 3 is 2.20 bits per heavy atom. The van der Waals surface area contributed by atoms with Crippen molar-refractivity contribution in [2.24, 2.45) is 0 Å². The van der Waals surface area contributed by atoms with E-state index in [2.05, 4.69) is 20.7 Å². The summed E-state index contributed by atoms with van der Waals surface area (Å²) in [6.07, 6.45) is 0. The van der Waals surface area contributed by atoms with Gasteiger partial charge in [-0.05, 0) is 43.7 Å². The van der Waals surface area contributed by atoms with Crippen LogP contribution in [-0.2, 0) is 11.0 Å². The van der Waals surface area contributed by atoms with Crippen LogP contribution in [0.3, 0.4) is 0 Å². The van der Waals surface area contributed by atoms with E-state index in [0.717, 1.165) is 26.2 Å². The second kappa shape index (κ2) is 8.22. The zero-order chi connectivity index (χ0) is 15.1. The fraction of sp³-hybridized carbons (Fsp3) is 0.250. The van der Waals surface area contributed by atoms with Crippen LogP contribution in [-0.4, -0.2) is 4.21 Å². The van der Waals surface area contributed by atoms with Crippen LogP contribution in [0.25, 0.3) is 0 Å². The van der Waals surface area contributed by atoms with E-state index in [-0.39, 0.29) is 0 Å². The summed E-state index contributed by atoms with van der Waals surface area (Å²) in [5, 5.41) is 0. The lowest BCUT2D eigenvalue weighted by atomic mass is 10.2. The van der Waals surface area contributed by atoms with Gasteiger partial charge in [-0.3, -0.25) is 0 Å². The van der Waals surface area contributed by atoms with Crippen molar-refractivity contribution >= 4 is 32.6 Å². The maximum Gasteiger partial charge on any atom is 0.150 e. The molecule has 2 aromatic carbocycles. The predicted molar refractivity (Wildman–Crippen MR) is 91.4 cm³/mol. The number of nitrogens with one attached hydrogen (secondary N) is 1. The molecule has 1 N–H and O–H groups in total. The van der Waals surface area contributed by atoms with Gasteiger partial charge in [0.2, 0.25) is 0 Å². The molecule has 0 aliphatic heterocycles. The van der Waals surface area contributed by atoms with Gasteiger partial charge in [-0.15, -0.1) is 0 Å². The highest BCUT2D eigenvalue weighted by Gasteiger charge is 2.07. The van der Waals surface area contributed by atoms with Gasteiger partial charge in [0.1, 0.15) is 11.0 Å². The summed E-state index contributed by atoms with van der Waals surface area (Å²) in [5.41, 5.74) is 3.09. The first kappa shape index (κ1) is 16.9. The summed E-state index contributed by atoms with van der Waals surface area (Å²) in [5.74, 6) is 0. The molecule has 20 heavy (non-hydrogen) atoms. The molecule has 0 aromatic heterocycles. The molecule has 2 rings (SSSR count). The first-order valence-electron chi connectivity index (χ1n) is 6.58. The van der Waals surface area contributed by atoms with Crippen molar-refractivity contribution in [1.82, 2.24) is 0 Å². The Kier molecular flexibility index (Phi) is 6.96. The molecule has 1 unspecified atom stereocenters. The Balaban J connectivity index is 0.000000956. The maximum atomic E-state index is 12.2. The minimum Gasteiger partial charge on any atom is -0.301 e.